The summed E-state index contributed by atoms with van der Waals surface area (Å²) < 4.78 is 24.9. The molecule has 1 fully saturated rings. The molecule has 0 bridgehead atoms. The Labute approximate surface area is 121 Å². The Morgan fingerprint density at radius 2 is 1.55 bits per heavy atom. The van der Waals surface area contributed by atoms with E-state index in [9.17, 15) is 4.39 Å². The van der Waals surface area contributed by atoms with Crippen LogP contribution in [0.25, 0.3) is 0 Å². The van der Waals surface area contributed by atoms with Crippen LogP contribution in [0.2, 0.25) is 0 Å². The predicted molar refractivity (Wildman–Crippen MR) is 81.0 cm³/mol. The summed E-state index contributed by atoms with van der Waals surface area (Å²) in [6.45, 7) is 9.78. The lowest BCUT2D eigenvalue weighted by molar-refractivity contribution is 0.00578. The van der Waals surface area contributed by atoms with E-state index in [1.807, 2.05) is 52.0 Å². The minimum Gasteiger partial charge on any atom is -0.399 e. The van der Waals surface area contributed by atoms with E-state index >= 15 is 0 Å². The van der Waals surface area contributed by atoms with Gasteiger partial charge in [-0.2, -0.15) is 0 Å². The van der Waals surface area contributed by atoms with Crippen molar-refractivity contribution in [3.05, 3.63) is 29.8 Å². The lowest BCUT2D eigenvalue weighted by atomic mass is 9.78. The third-order valence-electron chi connectivity index (χ3n) is 4.34. The van der Waals surface area contributed by atoms with Crippen molar-refractivity contribution in [1.29, 1.82) is 0 Å². The Kier molecular flexibility index (Phi) is 4.26. The average Bonchev–Trinajstić information content (AvgIpc) is 2.56. The highest BCUT2D eigenvalue weighted by Crippen LogP contribution is 2.36. The van der Waals surface area contributed by atoms with Gasteiger partial charge in [0.15, 0.2) is 0 Å². The summed E-state index contributed by atoms with van der Waals surface area (Å²) in [6.07, 6.45) is 0.578. The second-order valence-corrected chi connectivity index (χ2v) is 6.65. The van der Waals surface area contributed by atoms with Crippen LogP contribution in [0, 0.1) is 0 Å². The summed E-state index contributed by atoms with van der Waals surface area (Å²) in [5, 5.41) is 0. The molecule has 2 rings (SSSR count). The largest absolute Gasteiger partial charge is 0.494 e. The van der Waals surface area contributed by atoms with Gasteiger partial charge >= 0.3 is 7.12 Å². The van der Waals surface area contributed by atoms with Crippen LogP contribution >= 0.6 is 0 Å². The van der Waals surface area contributed by atoms with Crippen LogP contribution in [0.3, 0.4) is 0 Å². The Bertz CT molecular complexity index is 438. The van der Waals surface area contributed by atoms with E-state index in [1.54, 1.807) is 6.92 Å². The van der Waals surface area contributed by atoms with Crippen molar-refractivity contribution in [3.8, 4) is 0 Å². The molecule has 1 aliphatic rings. The van der Waals surface area contributed by atoms with Crippen LogP contribution in [-0.2, 0) is 15.7 Å². The first-order valence-electron chi connectivity index (χ1n) is 7.30. The summed E-state index contributed by atoms with van der Waals surface area (Å²) in [4.78, 5) is 0. The minimum absolute atomic E-state index is 0.319. The molecule has 0 radical (unpaired) electrons. The fourth-order valence-electron chi connectivity index (χ4n) is 2.19. The molecule has 1 heterocycles. The molecule has 1 aromatic carbocycles. The molecule has 0 aromatic heterocycles. The molecule has 0 spiro atoms. The molecule has 1 atom stereocenters. The SMILES string of the molecule is C[C@H](F)CCc1ccc(B2OC(C)(C)C(C)(C)O2)cc1. The van der Waals surface area contributed by atoms with Crippen molar-refractivity contribution in [2.45, 2.75) is 64.8 Å². The van der Waals surface area contributed by atoms with Crippen LogP contribution in [0.15, 0.2) is 24.3 Å². The molecule has 1 saturated heterocycles. The van der Waals surface area contributed by atoms with Gasteiger partial charge in [-0.05, 0) is 58.5 Å². The van der Waals surface area contributed by atoms with Gasteiger partial charge in [0.1, 0.15) is 0 Å². The quantitative estimate of drug-likeness (QED) is 0.787. The Morgan fingerprint density at radius 3 is 2.00 bits per heavy atom. The summed E-state index contributed by atoms with van der Waals surface area (Å²) in [5.74, 6) is 0. The molecule has 0 saturated carbocycles. The number of aryl methyl sites for hydroxylation is 1. The van der Waals surface area contributed by atoms with E-state index in [0.717, 1.165) is 17.4 Å². The van der Waals surface area contributed by atoms with Crippen molar-refractivity contribution < 1.29 is 13.7 Å². The second kappa shape index (κ2) is 5.49. The molecule has 0 N–H and O–H groups in total. The van der Waals surface area contributed by atoms with E-state index in [4.69, 9.17) is 9.31 Å². The van der Waals surface area contributed by atoms with Crippen LogP contribution in [0.5, 0.6) is 0 Å². The van der Waals surface area contributed by atoms with Gasteiger partial charge in [0, 0.05) is 0 Å². The number of halogens is 1. The molecule has 20 heavy (non-hydrogen) atoms. The first-order chi connectivity index (χ1) is 9.21. The second-order valence-electron chi connectivity index (χ2n) is 6.65. The van der Waals surface area contributed by atoms with Gasteiger partial charge in [-0.3, -0.25) is 0 Å². The van der Waals surface area contributed by atoms with E-state index in [1.165, 1.54) is 0 Å². The number of rotatable bonds is 4. The molecule has 1 aromatic rings. The van der Waals surface area contributed by atoms with E-state index < -0.39 is 6.17 Å². The van der Waals surface area contributed by atoms with Crippen molar-refractivity contribution >= 4 is 12.6 Å². The Hall–Kier alpha value is -0.865. The van der Waals surface area contributed by atoms with E-state index in [2.05, 4.69) is 0 Å². The molecule has 4 heteroatoms. The van der Waals surface area contributed by atoms with Gasteiger partial charge in [-0.25, -0.2) is 4.39 Å². The third kappa shape index (κ3) is 3.23. The van der Waals surface area contributed by atoms with Gasteiger partial charge < -0.3 is 9.31 Å². The van der Waals surface area contributed by atoms with Gasteiger partial charge in [0.2, 0.25) is 0 Å². The lowest BCUT2D eigenvalue weighted by Gasteiger charge is -2.32. The highest BCUT2D eigenvalue weighted by atomic mass is 19.1. The molecule has 2 nitrogen and oxygen atoms in total. The van der Waals surface area contributed by atoms with Gasteiger partial charge in [0.05, 0.1) is 17.4 Å². The monoisotopic (exact) mass is 278 g/mol. The summed E-state index contributed by atoms with van der Waals surface area (Å²) in [5.41, 5.74) is 1.52. The van der Waals surface area contributed by atoms with E-state index in [0.29, 0.717) is 6.42 Å². The maximum absolute atomic E-state index is 12.8. The topological polar surface area (TPSA) is 18.5 Å². The maximum atomic E-state index is 12.8. The maximum Gasteiger partial charge on any atom is 0.494 e. The fraction of sp³-hybridized carbons (Fsp3) is 0.625. The standard InChI is InChI=1S/C16H24BFO2/c1-12(18)6-7-13-8-10-14(11-9-13)17-19-15(2,3)16(4,5)20-17/h8-12H,6-7H2,1-5H3/t12-/m0/s1. The zero-order valence-electron chi connectivity index (χ0n) is 13.1. The molecule has 110 valence electrons. The molecule has 1 aliphatic heterocycles. The van der Waals surface area contributed by atoms with Crippen LogP contribution in [-0.4, -0.2) is 24.5 Å². The first kappa shape index (κ1) is 15.5. The number of alkyl halides is 1. The zero-order valence-corrected chi connectivity index (χ0v) is 13.1. The molecule has 0 unspecified atom stereocenters. The number of hydrogen-bond donors (Lipinski definition) is 0. The first-order valence-corrected chi connectivity index (χ1v) is 7.30. The Morgan fingerprint density at radius 1 is 1.05 bits per heavy atom. The van der Waals surface area contributed by atoms with Crippen molar-refractivity contribution in [2.24, 2.45) is 0 Å². The molecular weight excluding hydrogens is 254 g/mol. The number of hydrogen-bond acceptors (Lipinski definition) is 2. The molecule has 0 amide bonds. The van der Waals surface area contributed by atoms with Gasteiger partial charge in [-0.1, -0.05) is 24.3 Å². The Balaban J connectivity index is 2.05. The smallest absolute Gasteiger partial charge is 0.399 e. The van der Waals surface area contributed by atoms with Crippen LogP contribution < -0.4 is 5.46 Å². The normalized spacial score (nSPS) is 22.0. The van der Waals surface area contributed by atoms with Gasteiger partial charge in [0.25, 0.3) is 0 Å². The summed E-state index contributed by atoms with van der Waals surface area (Å²) in [6, 6.07) is 8.09. The van der Waals surface area contributed by atoms with Crippen LogP contribution in [0.1, 0.15) is 46.6 Å². The molecule has 0 aliphatic carbocycles. The zero-order chi connectivity index (χ0) is 15.0. The number of benzene rings is 1. The summed E-state index contributed by atoms with van der Waals surface area (Å²) in [7, 11) is -0.325. The molecular formula is C16H24BFO2. The van der Waals surface area contributed by atoms with Gasteiger partial charge in [-0.15, -0.1) is 0 Å². The highest BCUT2D eigenvalue weighted by molar-refractivity contribution is 6.62. The van der Waals surface area contributed by atoms with Crippen LogP contribution in [0.4, 0.5) is 4.39 Å². The van der Waals surface area contributed by atoms with Crippen molar-refractivity contribution in [1.82, 2.24) is 0 Å². The van der Waals surface area contributed by atoms with Crippen molar-refractivity contribution in [2.75, 3.05) is 0 Å². The predicted octanol–water partition coefficient (Wildman–Crippen LogP) is 3.28. The fourth-order valence-corrected chi connectivity index (χ4v) is 2.19. The minimum atomic E-state index is -0.752. The lowest BCUT2D eigenvalue weighted by Crippen LogP contribution is -2.41. The third-order valence-corrected chi connectivity index (χ3v) is 4.34. The van der Waals surface area contributed by atoms with Crippen molar-refractivity contribution in [3.63, 3.8) is 0 Å². The highest BCUT2D eigenvalue weighted by Gasteiger charge is 2.51. The average molecular weight is 278 g/mol. The van der Waals surface area contributed by atoms with E-state index in [-0.39, 0.29) is 18.3 Å². The summed E-state index contributed by atoms with van der Waals surface area (Å²) >= 11 is 0.